The summed E-state index contributed by atoms with van der Waals surface area (Å²) in [6.45, 7) is 5.52. The minimum Gasteiger partial charge on any atom is -0.491 e. The van der Waals surface area contributed by atoms with Crippen LogP contribution in [0.5, 0.6) is 5.75 Å². The number of carboxylic acid groups (broad SMARTS) is 1. The summed E-state index contributed by atoms with van der Waals surface area (Å²) in [5.41, 5.74) is 2.57. The van der Waals surface area contributed by atoms with Gasteiger partial charge in [-0.1, -0.05) is 0 Å². The second-order valence-corrected chi connectivity index (χ2v) is 8.62. The first-order chi connectivity index (χ1) is 14.8. The summed E-state index contributed by atoms with van der Waals surface area (Å²) >= 11 is 0. The molecule has 0 aliphatic carbocycles. The number of rotatable bonds is 7. The minimum atomic E-state index is -1.22. The van der Waals surface area contributed by atoms with Gasteiger partial charge in [0, 0.05) is 37.6 Å². The molecule has 2 aliphatic rings. The predicted molar refractivity (Wildman–Crippen MR) is 115 cm³/mol. The number of aromatic nitrogens is 1. The first-order valence-electron chi connectivity index (χ1n) is 10.4. The molecule has 0 unspecified atom stereocenters. The Kier molecular flexibility index (Phi) is 5.53. The molecule has 0 radical (unpaired) electrons. The fourth-order valence-corrected chi connectivity index (χ4v) is 4.72. The van der Waals surface area contributed by atoms with E-state index in [9.17, 15) is 14.7 Å². The Balaban J connectivity index is 1.94. The zero-order chi connectivity index (χ0) is 22.3. The van der Waals surface area contributed by atoms with Crippen molar-refractivity contribution >= 4 is 5.97 Å². The zero-order valence-corrected chi connectivity index (χ0v) is 18.3. The number of carbonyl (C=O) groups is 1. The van der Waals surface area contributed by atoms with Gasteiger partial charge in [-0.25, -0.2) is 4.79 Å². The quantitative estimate of drug-likeness (QED) is 0.678. The second kappa shape index (κ2) is 8.01. The Morgan fingerprint density at radius 2 is 1.97 bits per heavy atom. The Bertz CT molecular complexity index is 1070. The SMILES string of the molecule is COCCOc1cc2c(cc1COC)-c1cc(=O)c(C(=O)O)cn1N1[C@@H]2CCC1(C)C. The predicted octanol–water partition coefficient (Wildman–Crippen LogP) is 2.95. The van der Waals surface area contributed by atoms with E-state index >= 15 is 0 Å². The van der Waals surface area contributed by atoms with E-state index in [1.165, 1.54) is 12.3 Å². The highest BCUT2D eigenvalue weighted by Gasteiger charge is 2.45. The van der Waals surface area contributed by atoms with Crippen LogP contribution in [0.4, 0.5) is 0 Å². The number of benzene rings is 1. The number of aromatic carboxylic acids is 1. The molecule has 1 saturated heterocycles. The molecule has 31 heavy (non-hydrogen) atoms. The molecular formula is C23H28N2O6. The minimum absolute atomic E-state index is 0.0445. The smallest absolute Gasteiger partial charge is 0.341 e. The standard InChI is InChI=1S/C23H28N2O6/c1-23(2)6-5-18-16-10-21(31-8-7-29-3)14(13-30-4)9-15(16)19-11-20(26)17(22(27)28)12-24(19)25(18)23/h9-12,18H,5-8,13H2,1-4H3,(H,27,28)/t18-/m1/s1. The average Bonchev–Trinajstić information content (AvgIpc) is 3.04. The van der Waals surface area contributed by atoms with Crippen LogP contribution in [0, 0.1) is 0 Å². The maximum absolute atomic E-state index is 12.6. The fraction of sp³-hybridized carbons (Fsp3) is 0.478. The van der Waals surface area contributed by atoms with Gasteiger partial charge in [-0.15, -0.1) is 0 Å². The summed E-state index contributed by atoms with van der Waals surface area (Å²) in [6, 6.07) is 5.50. The lowest BCUT2D eigenvalue weighted by Crippen LogP contribution is -2.50. The number of ether oxygens (including phenoxy) is 3. The Morgan fingerprint density at radius 1 is 1.19 bits per heavy atom. The van der Waals surface area contributed by atoms with Gasteiger partial charge >= 0.3 is 5.97 Å². The molecule has 1 aromatic heterocycles. The molecule has 2 aliphatic heterocycles. The lowest BCUT2D eigenvalue weighted by Gasteiger charge is -2.44. The van der Waals surface area contributed by atoms with E-state index in [2.05, 4.69) is 18.9 Å². The van der Waals surface area contributed by atoms with Crippen LogP contribution in [-0.4, -0.2) is 48.7 Å². The first-order valence-corrected chi connectivity index (χ1v) is 10.4. The number of methoxy groups -OCH3 is 2. The number of carboxylic acids is 1. The van der Waals surface area contributed by atoms with E-state index in [1.54, 1.807) is 14.2 Å². The van der Waals surface area contributed by atoms with E-state index in [0.29, 0.717) is 25.5 Å². The van der Waals surface area contributed by atoms with Crippen molar-refractivity contribution in [3.8, 4) is 17.0 Å². The lowest BCUT2D eigenvalue weighted by molar-refractivity contribution is 0.0694. The van der Waals surface area contributed by atoms with Gasteiger partial charge in [0.25, 0.3) is 0 Å². The maximum atomic E-state index is 12.6. The highest BCUT2D eigenvalue weighted by atomic mass is 16.5. The summed E-state index contributed by atoms with van der Waals surface area (Å²) < 4.78 is 18.3. The Hall–Kier alpha value is -2.84. The molecule has 4 rings (SSSR count). The van der Waals surface area contributed by atoms with Gasteiger partial charge in [0.2, 0.25) is 0 Å². The summed E-state index contributed by atoms with van der Waals surface area (Å²) in [5, 5.41) is 11.7. The topological polar surface area (TPSA) is 90.2 Å². The molecule has 8 heteroatoms. The fourth-order valence-electron chi connectivity index (χ4n) is 4.72. The molecule has 0 saturated carbocycles. The summed E-state index contributed by atoms with van der Waals surface area (Å²) in [5.74, 6) is -0.484. The van der Waals surface area contributed by atoms with Gasteiger partial charge in [0.1, 0.15) is 17.9 Å². The number of hydrogen-bond donors (Lipinski definition) is 1. The third-order valence-electron chi connectivity index (χ3n) is 6.15. The summed E-state index contributed by atoms with van der Waals surface area (Å²) in [6.07, 6.45) is 3.31. The van der Waals surface area contributed by atoms with Crippen molar-refractivity contribution in [1.82, 2.24) is 4.68 Å². The molecule has 1 aromatic carbocycles. The molecule has 2 aromatic rings. The van der Waals surface area contributed by atoms with Gasteiger partial charge in [-0.2, -0.15) is 0 Å². The Labute approximate surface area is 180 Å². The van der Waals surface area contributed by atoms with Gasteiger partial charge in [0.15, 0.2) is 5.43 Å². The summed E-state index contributed by atoms with van der Waals surface area (Å²) in [4.78, 5) is 24.2. The molecule has 1 atom stereocenters. The normalized spacial score (nSPS) is 18.3. The van der Waals surface area contributed by atoms with Crippen LogP contribution in [0.25, 0.3) is 11.3 Å². The number of hydrogen-bond acceptors (Lipinski definition) is 6. The van der Waals surface area contributed by atoms with E-state index < -0.39 is 11.4 Å². The van der Waals surface area contributed by atoms with Gasteiger partial charge in [-0.05, 0) is 44.4 Å². The van der Waals surface area contributed by atoms with Crippen molar-refractivity contribution in [2.75, 3.05) is 32.4 Å². The van der Waals surface area contributed by atoms with E-state index in [1.807, 2.05) is 16.8 Å². The monoisotopic (exact) mass is 428 g/mol. The maximum Gasteiger partial charge on any atom is 0.341 e. The van der Waals surface area contributed by atoms with Crippen molar-refractivity contribution in [2.24, 2.45) is 0 Å². The largest absolute Gasteiger partial charge is 0.491 e. The van der Waals surface area contributed by atoms with Gasteiger partial charge < -0.3 is 19.3 Å². The van der Waals surface area contributed by atoms with Crippen LogP contribution in [0.15, 0.2) is 29.2 Å². The van der Waals surface area contributed by atoms with Crippen molar-refractivity contribution in [2.45, 2.75) is 44.9 Å². The van der Waals surface area contributed by atoms with Crippen LogP contribution in [0.2, 0.25) is 0 Å². The zero-order valence-electron chi connectivity index (χ0n) is 18.3. The molecule has 1 N–H and O–H groups in total. The first kappa shape index (κ1) is 21.4. The van der Waals surface area contributed by atoms with Crippen LogP contribution >= 0.6 is 0 Å². The molecule has 0 spiro atoms. The van der Waals surface area contributed by atoms with E-state index in [0.717, 1.165) is 35.3 Å². The Morgan fingerprint density at radius 3 is 2.65 bits per heavy atom. The van der Waals surface area contributed by atoms with Crippen molar-refractivity contribution < 1.29 is 24.1 Å². The molecule has 0 bridgehead atoms. The second-order valence-electron chi connectivity index (χ2n) is 8.62. The number of nitrogens with zero attached hydrogens (tertiary/aromatic N) is 2. The van der Waals surface area contributed by atoms with Crippen molar-refractivity contribution in [3.63, 3.8) is 0 Å². The lowest BCUT2D eigenvalue weighted by atomic mass is 9.92. The van der Waals surface area contributed by atoms with Crippen molar-refractivity contribution in [1.29, 1.82) is 0 Å². The van der Waals surface area contributed by atoms with Gasteiger partial charge in [0.05, 0.1) is 30.5 Å². The number of pyridine rings is 1. The summed E-state index contributed by atoms with van der Waals surface area (Å²) in [7, 11) is 3.25. The van der Waals surface area contributed by atoms with Crippen molar-refractivity contribution in [3.05, 3.63) is 51.3 Å². The van der Waals surface area contributed by atoms with Crippen LogP contribution < -0.4 is 15.2 Å². The highest BCUT2D eigenvalue weighted by Crippen LogP contribution is 2.49. The van der Waals surface area contributed by atoms with E-state index in [-0.39, 0.29) is 17.1 Å². The molecule has 3 heterocycles. The van der Waals surface area contributed by atoms with Crippen LogP contribution in [0.3, 0.4) is 0 Å². The van der Waals surface area contributed by atoms with Crippen LogP contribution in [0.1, 0.15) is 54.2 Å². The average molecular weight is 428 g/mol. The molecule has 0 amide bonds. The molecule has 8 nitrogen and oxygen atoms in total. The molecular weight excluding hydrogens is 400 g/mol. The highest BCUT2D eigenvalue weighted by molar-refractivity contribution is 5.88. The van der Waals surface area contributed by atoms with Crippen LogP contribution in [-0.2, 0) is 16.1 Å². The van der Waals surface area contributed by atoms with Gasteiger partial charge in [-0.3, -0.25) is 14.5 Å². The third kappa shape index (κ3) is 3.59. The number of fused-ring (bicyclic) bond motifs is 6. The molecule has 166 valence electrons. The third-order valence-corrected chi connectivity index (χ3v) is 6.15. The molecule has 1 fully saturated rings. The van der Waals surface area contributed by atoms with E-state index in [4.69, 9.17) is 14.2 Å².